The number of carbonyl (C=O) groups is 1. The molecule has 1 aliphatic rings. The largest absolute Gasteiger partial charge is 0.398 e. The van der Waals surface area contributed by atoms with Gasteiger partial charge in [-0.15, -0.1) is 0 Å². The van der Waals surface area contributed by atoms with Gasteiger partial charge in [0.15, 0.2) is 0 Å². The fourth-order valence-corrected chi connectivity index (χ4v) is 2.39. The van der Waals surface area contributed by atoms with E-state index in [4.69, 9.17) is 5.73 Å². The Morgan fingerprint density at radius 2 is 2.26 bits per heavy atom. The molecule has 0 aromatic heterocycles. The Kier molecular flexibility index (Phi) is 3.69. The van der Waals surface area contributed by atoms with E-state index in [0.29, 0.717) is 19.0 Å². The van der Waals surface area contributed by atoms with Crippen molar-refractivity contribution in [2.24, 2.45) is 5.92 Å². The van der Waals surface area contributed by atoms with Crippen molar-refractivity contribution < 1.29 is 9.72 Å². The molecule has 0 spiro atoms. The number of nitro groups is 1. The van der Waals surface area contributed by atoms with Crippen molar-refractivity contribution >= 4 is 17.3 Å². The second-order valence-corrected chi connectivity index (χ2v) is 5.03. The fourth-order valence-electron chi connectivity index (χ4n) is 2.39. The highest BCUT2D eigenvalue weighted by molar-refractivity contribution is 5.99. The third-order valence-electron chi connectivity index (χ3n) is 3.42. The Morgan fingerprint density at radius 3 is 2.89 bits per heavy atom. The van der Waals surface area contributed by atoms with Gasteiger partial charge in [0.25, 0.3) is 11.6 Å². The Hall–Kier alpha value is -2.11. The summed E-state index contributed by atoms with van der Waals surface area (Å²) in [5, 5.41) is 10.8. The molecule has 0 saturated carbocycles. The van der Waals surface area contributed by atoms with Crippen LogP contribution < -0.4 is 5.73 Å². The molecule has 1 aromatic rings. The first-order valence-corrected chi connectivity index (χ1v) is 6.32. The van der Waals surface area contributed by atoms with Gasteiger partial charge in [0.05, 0.1) is 10.5 Å². The highest BCUT2D eigenvalue weighted by atomic mass is 16.6. The summed E-state index contributed by atoms with van der Waals surface area (Å²) in [7, 11) is 0. The summed E-state index contributed by atoms with van der Waals surface area (Å²) >= 11 is 0. The number of likely N-dealkylation sites (tertiary alicyclic amines) is 1. The van der Waals surface area contributed by atoms with Crippen LogP contribution in [0.2, 0.25) is 0 Å². The summed E-state index contributed by atoms with van der Waals surface area (Å²) < 4.78 is 0. The lowest BCUT2D eigenvalue weighted by Gasteiger charge is -2.31. The van der Waals surface area contributed by atoms with E-state index in [1.54, 1.807) is 4.90 Å². The van der Waals surface area contributed by atoms with E-state index in [1.807, 2.05) is 0 Å². The highest BCUT2D eigenvalue weighted by Crippen LogP contribution is 2.24. The predicted molar refractivity (Wildman–Crippen MR) is 71.8 cm³/mol. The van der Waals surface area contributed by atoms with Crippen LogP contribution in [-0.2, 0) is 0 Å². The minimum Gasteiger partial charge on any atom is -0.398 e. The lowest BCUT2D eigenvalue weighted by atomic mass is 9.99. The normalized spacial score (nSPS) is 19.2. The zero-order valence-electron chi connectivity index (χ0n) is 10.8. The van der Waals surface area contributed by atoms with Crippen LogP contribution in [0.15, 0.2) is 18.2 Å². The van der Waals surface area contributed by atoms with Crippen molar-refractivity contribution in [3.63, 3.8) is 0 Å². The maximum Gasteiger partial charge on any atom is 0.270 e. The van der Waals surface area contributed by atoms with Crippen LogP contribution in [0.25, 0.3) is 0 Å². The van der Waals surface area contributed by atoms with Gasteiger partial charge in [-0.25, -0.2) is 0 Å². The smallest absolute Gasteiger partial charge is 0.270 e. The number of nitrogens with two attached hydrogens (primary N) is 1. The number of hydrogen-bond acceptors (Lipinski definition) is 4. The molecule has 1 fully saturated rings. The van der Waals surface area contributed by atoms with E-state index in [-0.39, 0.29) is 22.8 Å². The molecule has 1 amide bonds. The molecular weight excluding hydrogens is 246 g/mol. The first-order valence-electron chi connectivity index (χ1n) is 6.32. The van der Waals surface area contributed by atoms with Crippen molar-refractivity contribution in [1.82, 2.24) is 4.90 Å². The van der Waals surface area contributed by atoms with Gasteiger partial charge in [0.2, 0.25) is 0 Å². The average molecular weight is 263 g/mol. The first-order chi connectivity index (χ1) is 8.99. The number of hydrogen-bond donors (Lipinski definition) is 1. The zero-order chi connectivity index (χ0) is 14.0. The molecular formula is C13H17N3O3. The lowest BCUT2D eigenvalue weighted by molar-refractivity contribution is -0.384. The number of anilines is 1. The molecule has 0 radical (unpaired) electrons. The molecule has 19 heavy (non-hydrogen) atoms. The van der Waals surface area contributed by atoms with E-state index < -0.39 is 4.92 Å². The topological polar surface area (TPSA) is 89.5 Å². The van der Waals surface area contributed by atoms with Crippen LogP contribution in [0.1, 0.15) is 30.1 Å². The van der Waals surface area contributed by atoms with Gasteiger partial charge in [-0.05, 0) is 24.8 Å². The van der Waals surface area contributed by atoms with Gasteiger partial charge in [0.1, 0.15) is 0 Å². The summed E-state index contributed by atoms with van der Waals surface area (Å²) in [6.07, 6.45) is 2.07. The molecule has 1 heterocycles. The highest BCUT2D eigenvalue weighted by Gasteiger charge is 2.24. The van der Waals surface area contributed by atoms with Gasteiger partial charge in [-0.2, -0.15) is 0 Å². The maximum atomic E-state index is 12.4. The van der Waals surface area contributed by atoms with Crippen molar-refractivity contribution in [2.45, 2.75) is 19.8 Å². The number of carbonyl (C=O) groups excluding carboxylic acids is 1. The number of benzene rings is 1. The summed E-state index contributed by atoms with van der Waals surface area (Å²) in [5.74, 6) is 0.241. The van der Waals surface area contributed by atoms with Crippen molar-refractivity contribution in [1.29, 1.82) is 0 Å². The van der Waals surface area contributed by atoms with E-state index >= 15 is 0 Å². The molecule has 6 heteroatoms. The van der Waals surface area contributed by atoms with Crippen LogP contribution in [0.4, 0.5) is 11.4 Å². The molecule has 1 aliphatic heterocycles. The van der Waals surface area contributed by atoms with Gasteiger partial charge >= 0.3 is 0 Å². The lowest BCUT2D eigenvalue weighted by Crippen LogP contribution is -2.39. The predicted octanol–water partition coefficient (Wildman–Crippen LogP) is 2.05. The standard InChI is InChI=1S/C13H17N3O3/c1-9-3-2-6-15(8-9)13(17)11-7-10(16(18)19)4-5-12(11)14/h4-5,7,9H,2-3,6,8,14H2,1H3. The van der Waals surface area contributed by atoms with E-state index in [1.165, 1.54) is 18.2 Å². The maximum absolute atomic E-state index is 12.4. The third kappa shape index (κ3) is 2.83. The fraction of sp³-hybridized carbons (Fsp3) is 0.462. The minimum absolute atomic E-state index is 0.109. The number of piperidine rings is 1. The number of nitro benzene ring substituents is 1. The van der Waals surface area contributed by atoms with Crippen LogP contribution in [0.5, 0.6) is 0 Å². The minimum atomic E-state index is -0.519. The van der Waals surface area contributed by atoms with E-state index in [9.17, 15) is 14.9 Å². The quantitative estimate of drug-likeness (QED) is 0.502. The van der Waals surface area contributed by atoms with Crippen molar-refractivity contribution in [3.05, 3.63) is 33.9 Å². The number of rotatable bonds is 2. The van der Waals surface area contributed by atoms with Crippen LogP contribution in [0, 0.1) is 16.0 Å². The SMILES string of the molecule is CC1CCCN(C(=O)c2cc([N+](=O)[O-])ccc2N)C1. The molecule has 1 aromatic carbocycles. The third-order valence-corrected chi connectivity index (χ3v) is 3.42. The summed E-state index contributed by atoms with van der Waals surface area (Å²) in [5.41, 5.74) is 6.16. The average Bonchev–Trinajstić information content (AvgIpc) is 2.38. The summed E-state index contributed by atoms with van der Waals surface area (Å²) in [6.45, 7) is 3.46. The number of nitrogens with zero attached hydrogens (tertiary/aromatic N) is 2. The van der Waals surface area contributed by atoms with E-state index in [2.05, 4.69) is 6.92 Å². The van der Waals surface area contributed by atoms with Crippen LogP contribution in [-0.4, -0.2) is 28.8 Å². The van der Waals surface area contributed by atoms with Gasteiger partial charge in [-0.3, -0.25) is 14.9 Å². The van der Waals surface area contributed by atoms with Gasteiger partial charge < -0.3 is 10.6 Å². The van der Waals surface area contributed by atoms with Crippen LogP contribution in [0.3, 0.4) is 0 Å². The molecule has 1 unspecified atom stereocenters. The Bertz CT molecular complexity index is 516. The molecule has 1 saturated heterocycles. The Balaban J connectivity index is 2.27. The molecule has 102 valence electrons. The second kappa shape index (κ2) is 5.26. The molecule has 0 aliphatic carbocycles. The molecule has 6 nitrogen and oxygen atoms in total. The van der Waals surface area contributed by atoms with Crippen molar-refractivity contribution in [3.8, 4) is 0 Å². The number of non-ortho nitro benzene ring substituents is 1. The molecule has 1 atom stereocenters. The van der Waals surface area contributed by atoms with Crippen molar-refractivity contribution in [2.75, 3.05) is 18.8 Å². The second-order valence-electron chi connectivity index (χ2n) is 5.03. The Labute approximate surface area is 111 Å². The Morgan fingerprint density at radius 1 is 1.53 bits per heavy atom. The molecule has 0 bridgehead atoms. The molecule has 2 rings (SSSR count). The van der Waals surface area contributed by atoms with Gasteiger partial charge in [0, 0.05) is 30.9 Å². The molecule has 2 N–H and O–H groups in total. The summed E-state index contributed by atoms with van der Waals surface area (Å²) in [6, 6.07) is 3.99. The van der Waals surface area contributed by atoms with Crippen LogP contribution >= 0.6 is 0 Å². The van der Waals surface area contributed by atoms with E-state index in [0.717, 1.165) is 12.8 Å². The zero-order valence-corrected chi connectivity index (χ0v) is 10.8. The number of nitrogen functional groups attached to an aromatic ring is 1. The summed E-state index contributed by atoms with van der Waals surface area (Å²) in [4.78, 5) is 24.3. The number of amides is 1. The monoisotopic (exact) mass is 263 g/mol. The first kappa shape index (κ1) is 13.3. The van der Waals surface area contributed by atoms with Gasteiger partial charge in [-0.1, -0.05) is 6.92 Å².